The number of hydrogen-bond acceptors (Lipinski definition) is 3. The fraction of sp³-hybridized carbons (Fsp3) is 0.333. The molecule has 2 N–H and O–H groups in total. The summed E-state index contributed by atoms with van der Waals surface area (Å²) in [6.45, 7) is 0.743. The van der Waals surface area contributed by atoms with Crippen LogP contribution >= 0.6 is 0 Å². The molecule has 22 heavy (non-hydrogen) atoms. The Morgan fingerprint density at radius 3 is 1.73 bits per heavy atom. The number of rotatable bonds is 8. The summed E-state index contributed by atoms with van der Waals surface area (Å²) in [6, 6.07) is 19.7. The molecule has 0 amide bonds. The number of aliphatic hydroxyl groups is 2. The van der Waals surface area contributed by atoms with Crippen LogP contribution < -0.4 is 0 Å². The lowest BCUT2D eigenvalue weighted by Gasteiger charge is -2.26. The minimum absolute atomic E-state index is 0.172. The van der Waals surface area contributed by atoms with E-state index in [0.717, 1.165) is 11.1 Å². The Kier molecular flexibility index (Phi) is 6.52. The summed E-state index contributed by atoms with van der Waals surface area (Å²) in [5.74, 6) is 0. The molecule has 0 unspecified atom stereocenters. The highest BCUT2D eigenvalue weighted by molar-refractivity contribution is 5.17. The molecule has 0 heterocycles. The van der Waals surface area contributed by atoms with Gasteiger partial charge in [-0.05, 0) is 11.1 Å². The molecule has 0 bridgehead atoms. The van der Waals surface area contributed by atoms with E-state index in [4.69, 9.17) is 5.11 Å². The van der Waals surface area contributed by atoms with Crippen LogP contribution in [0.4, 0.5) is 4.39 Å². The van der Waals surface area contributed by atoms with Gasteiger partial charge in [-0.15, -0.1) is 0 Å². The molecule has 0 aliphatic heterocycles. The molecular weight excluding hydrogens is 281 g/mol. The first-order chi connectivity index (χ1) is 10.7. The predicted molar refractivity (Wildman–Crippen MR) is 85.0 cm³/mol. The largest absolute Gasteiger partial charge is 0.393 e. The van der Waals surface area contributed by atoms with E-state index >= 15 is 0 Å². The molecule has 2 atom stereocenters. The van der Waals surface area contributed by atoms with E-state index < -0.39 is 18.9 Å². The smallest absolute Gasteiger partial charge is 0.150 e. The van der Waals surface area contributed by atoms with Crippen molar-refractivity contribution in [2.24, 2.45) is 0 Å². The van der Waals surface area contributed by atoms with Crippen molar-refractivity contribution >= 4 is 0 Å². The Labute approximate surface area is 130 Å². The lowest BCUT2D eigenvalue weighted by Crippen LogP contribution is -2.38. The fourth-order valence-electron chi connectivity index (χ4n) is 2.37. The van der Waals surface area contributed by atoms with Gasteiger partial charge in [-0.2, -0.15) is 0 Å². The molecule has 0 spiro atoms. The van der Waals surface area contributed by atoms with Crippen LogP contribution in [-0.2, 0) is 13.1 Å². The van der Waals surface area contributed by atoms with Gasteiger partial charge in [0, 0.05) is 19.6 Å². The van der Waals surface area contributed by atoms with Crippen molar-refractivity contribution in [3.8, 4) is 0 Å². The Hall–Kier alpha value is -1.75. The summed E-state index contributed by atoms with van der Waals surface area (Å²) in [7, 11) is 0. The molecule has 3 nitrogen and oxygen atoms in total. The Bertz CT molecular complexity index is 494. The van der Waals surface area contributed by atoms with Crippen LogP contribution in [0.2, 0.25) is 0 Å². The van der Waals surface area contributed by atoms with Crippen LogP contribution in [0.25, 0.3) is 0 Å². The van der Waals surface area contributed by atoms with Gasteiger partial charge in [-0.25, -0.2) is 4.39 Å². The number of benzene rings is 2. The highest BCUT2D eigenvalue weighted by atomic mass is 19.1. The molecule has 0 saturated carbocycles. The summed E-state index contributed by atoms with van der Waals surface area (Å²) < 4.78 is 13.4. The number of halogens is 1. The van der Waals surface area contributed by atoms with Crippen molar-refractivity contribution in [3.05, 3.63) is 71.8 Å². The Balaban J connectivity index is 2.06. The van der Waals surface area contributed by atoms with Crippen molar-refractivity contribution in [1.29, 1.82) is 0 Å². The van der Waals surface area contributed by atoms with Gasteiger partial charge in [0.15, 0.2) is 6.17 Å². The second kappa shape index (κ2) is 8.63. The quantitative estimate of drug-likeness (QED) is 0.787. The zero-order valence-corrected chi connectivity index (χ0v) is 12.5. The summed E-state index contributed by atoms with van der Waals surface area (Å²) >= 11 is 0. The van der Waals surface area contributed by atoms with Crippen molar-refractivity contribution in [1.82, 2.24) is 4.90 Å². The molecule has 2 aromatic rings. The molecule has 0 aliphatic rings. The summed E-state index contributed by atoms with van der Waals surface area (Å²) in [5, 5.41) is 18.7. The first-order valence-corrected chi connectivity index (χ1v) is 7.42. The van der Waals surface area contributed by atoms with Crippen LogP contribution in [0, 0.1) is 0 Å². The maximum atomic E-state index is 13.4. The van der Waals surface area contributed by atoms with E-state index in [1.165, 1.54) is 0 Å². The second-order valence-corrected chi connectivity index (χ2v) is 5.41. The highest BCUT2D eigenvalue weighted by Crippen LogP contribution is 2.12. The van der Waals surface area contributed by atoms with Crippen molar-refractivity contribution < 1.29 is 14.6 Å². The summed E-state index contributed by atoms with van der Waals surface area (Å²) in [5.41, 5.74) is 2.20. The maximum absolute atomic E-state index is 13.4. The molecule has 2 aromatic carbocycles. The first-order valence-electron chi connectivity index (χ1n) is 7.42. The van der Waals surface area contributed by atoms with E-state index in [-0.39, 0.29) is 6.54 Å². The van der Waals surface area contributed by atoms with Gasteiger partial charge in [0.25, 0.3) is 0 Å². The lowest BCUT2D eigenvalue weighted by atomic mass is 10.1. The number of hydrogen-bond donors (Lipinski definition) is 2. The minimum atomic E-state index is -1.62. The first kappa shape index (κ1) is 16.6. The molecular formula is C18H22FNO2. The number of alkyl halides is 1. The zero-order chi connectivity index (χ0) is 15.8. The molecule has 0 radical (unpaired) electrons. The van der Waals surface area contributed by atoms with Gasteiger partial charge in [0.2, 0.25) is 0 Å². The molecule has 2 rings (SSSR count). The van der Waals surface area contributed by atoms with Crippen molar-refractivity contribution in [2.75, 3.05) is 13.2 Å². The third-order valence-corrected chi connectivity index (χ3v) is 3.54. The summed E-state index contributed by atoms with van der Waals surface area (Å²) in [4.78, 5) is 1.98. The van der Waals surface area contributed by atoms with Crippen LogP contribution in [0.5, 0.6) is 0 Å². The fourth-order valence-corrected chi connectivity index (χ4v) is 2.37. The zero-order valence-electron chi connectivity index (χ0n) is 12.5. The van der Waals surface area contributed by atoms with Gasteiger partial charge in [0.1, 0.15) is 6.10 Å². The van der Waals surface area contributed by atoms with Crippen molar-refractivity contribution in [2.45, 2.75) is 25.4 Å². The SMILES string of the molecule is OC[C@H](F)[C@H](O)CN(Cc1ccccc1)Cc1ccccc1. The molecule has 0 fully saturated rings. The third kappa shape index (κ3) is 5.22. The third-order valence-electron chi connectivity index (χ3n) is 3.54. The standard InChI is InChI=1S/C18H22FNO2/c19-17(14-21)18(22)13-20(11-15-7-3-1-4-8-15)12-16-9-5-2-6-10-16/h1-10,17-18,21-22H,11-14H2/t17-,18+/m0/s1. The number of nitrogens with zero attached hydrogens (tertiary/aromatic N) is 1. The highest BCUT2D eigenvalue weighted by Gasteiger charge is 2.21. The van der Waals surface area contributed by atoms with Crippen LogP contribution in [-0.4, -0.2) is 40.5 Å². The van der Waals surface area contributed by atoms with E-state index in [1.807, 2.05) is 65.6 Å². The van der Waals surface area contributed by atoms with E-state index in [9.17, 15) is 9.50 Å². The van der Waals surface area contributed by atoms with Gasteiger partial charge >= 0.3 is 0 Å². The predicted octanol–water partition coefficient (Wildman–Crippen LogP) is 2.38. The van der Waals surface area contributed by atoms with Gasteiger partial charge in [0.05, 0.1) is 6.61 Å². The van der Waals surface area contributed by atoms with Crippen LogP contribution in [0.15, 0.2) is 60.7 Å². The molecule has 118 valence electrons. The molecule has 0 aromatic heterocycles. The lowest BCUT2D eigenvalue weighted by molar-refractivity contribution is 0.0126. The topological polar surface area (TPSA) is 43.7 Å². The summed E-state index contributed by atoms with van der Waals surface area (Å²) in [6.07, 6.45) is -2.81. The van der Waals surface area contributed by atoms with Crippen molar-refractivity contribution in [3.63, 3.8) is 0 Å². The maximum Gasteiger partial charge on any atom is 0.150 e. The van der Waals surface area contributed by atoms with Crippen LogP contribution in [0.3, 0.4) is 0 Å². The normalized spacial score (nSPS) is 14.0. The van der Waals surface area contributed by atoms with Gasteiger partial charge in [-0.3, -0.25) is 4.90 Å². The van der Waals surface area contributed by atoms with E-state index in [1.54, 1.807) is 0 Å². The van der Waals surface area contributed by atoms with E-state index in [0.29, 0.717) is 13.1 Å². The molecule has 0 aliphatic carbocycles. The van der Waals surface area contributed by atoms with Gasteiger partial charge in [-0.1, -0.05) is 60.7 Å². The monoisotopic (exact) mass is 303 g/mol. The van der Waals surface area contributed by atoms with E-state index in [2.05, 4.69) is 0 Å². The Morgan fingerprint density at radius 2 is 1.32 bits per heavy atom. The average Bonchev–Trinajstić information content (AvgIpc) is 2.55. The molecule has 4 heteroatoms. The second-order valence-electron chi connectivity index (χ2n) is 5.41. The van der Waals surface area contributed by atoms with Gasteiger partial charge < -0.3 is 10.2 Å². The van der Waals surface area contributed by atoms with Crippen LogP contribution in [0.1, 0.15) is 11.1 Å². The number of aliphatic hydroxyl groups excluding tert-OH is 2. The average molecular weight is 303 g/mol. The Morgan fingerprint density at radius 1 is 0.864 bits per heavy atom. The molecule has 0 saturated heterocycles. The minimum Gasteiger partial charge on any atom is -0.393 e.